The predicted molar refractivity (Wildman–Crippen MR) is 64.5 cm³/mol. The molecule has 3 rings (SSSR count). The third kappa shape index (κ3) is 1.32. The highest BCUT2D eigenvalue weighted by Gasteiger charge is 2.11. The highest BCUT2D eigenvalue weighted by molar-refractivity contribution is 7.09. The summed E-state index contributed by atoms with van der Waals surface area (Å²) in [5, 5.41) is 3.99. The number of aromatic nitrogens is 4. The summed E-state index contributed by atoms with van der Waals surface area (Å²) in [7, 11) is 0. The van der Waals surface area contributed by atoms with Crippen LogP contribution in [0.5, 0.6) is 0 Å². The highest BCUT2D eigenvalue weighted by atomic mass is 32.1. The van der Waals surface area contributed by atoms with E-state index in [0.717, 1.165) is 27.4 Å². The standard InChI is InChI=1S/C11H10N4S/c1-6-4-3-5-8-9(6)13-11(12-8)10-7(2)14-15-16-10/h3-5H,1-2H3,(H,12,13). The molecule has 0 aliphatic heterocycles. The van der Waals surface area contributed by atoms with E-state index in [0.29, 0.717) is 0 Å². The van der Waals surface area contributed by atoms with Crippen molar-refractivity contribution in [1.29, 1.82) is 0 Å². The maximum Gasteiger partial charge on any atom is 0.152 e. The summed E-state index contributed by atoms with van der Waals surface area (Å²) < 4.78 is 3.92. The number of aromatic amines is 1. The molecule has 0 fully saturated rings. The normalized spacial score (nSPS) is 11.1. The van der Waals surface area contributed by atoms with Crippen LogP contribution in [0, 0.1) is 13.8 Å². The molecule has 0 aliphatic rings. The SMILES string of the molecule is Cc1nnsc1-c1nc2c(C)cccc2[nH]1. The van der Waals surface area contributed by atoms with Crippen LogP contribution in [-0.4, -0.2) is 19.6 Å². The van der Waals surface area contributed by atoms with E-state index < -0.39 is 0 Å². The predicted octanol–water partition coefficient (Wildman–Crippen LogP) is 2.70. The van der Waals surface area contributed by atoms with Crippen LogP contribution >= 0.6 is 11.5 Å². The molecule has 3 aromatic rings. The van der Waals surface area contributed by atoms with Gasteiger partial charge in [0.2, 0.25) is 0 Å². The van der Waals surface area contributed by atoms with E-state index in [1.807, 2.05) is 19.1 Å². The molecular weight excluding hydrogens is 220 g/mol. The van der Waals surface area contributed by atoms with E-state index in [-0.39, 0.29) is 0 Å². The van der Waals surface area contributed by atoms with Crippen molar-refractivity contribution in [1.82, 2.24) is 19.6 Å². The lowest BCUT2D eigenvalue weighted by atomic mass is 10.2. The Morgan fingerprint density at radius 3 is 2.81 bits per heavy atom. The molecule has 0 bridgehead atoms. The van der Waals surface area contributed by atoms with Crippen LogP contribution in [0.3, 0.4) is 0 Å². The van der Waals surface area contributed by atoms with Crippen LogP contribution in [0.15, 0.2) is 18.2 Å². The third-order valence-corrected chi connectivity index (χ3v) is 3.42. The smallest absolute Gasteiger partial charge is 0.152 e. The Balaban J connectivity index is 2.27. The van der Waals surface area contributed by atoms with Gasteiger partial charge in [0.25, 0.3) is 0 Å². The fourth-order valence-corrected chi connectivity index (χ4v) is 2.33. The van der Waals surface area contributed by atoms with E-state index in [1.54, 1.807) is 0 Å². The van der Waals surface area contributed by atoms with Gasteiger partial charge in [-0.15, -0.1) is 5.10 Å². The van der Waals surface area contributed by atoms with Crippen molar-refractivity contribution in [3.63, 3.8) is 0 Å². The quantitative estimate of drug-likeness (QED) is 0.699. The first-order valence-electron chi connectivity index (χ1n) is 5.00. The van der Waals surface area contributed by atoms with E-state index >= 15 is 0 Å². The Kier molecular flexibility index (Phi) is 2.00. The summed E-state index contributed by atoms with van der Waals surface area (Å²) in [5.74, 6) is 0.858. The van der Waals surface area contributed by atoms with Crippen molar-refractivity contribution in [2.45, 2.75) is 13.8 Å². The van der Waals surface area contributed by atoms with Gasteiger partial charge >= 0.3 is 0 Å². The number of nitrogens with one attached hydrogen (secondary N) is 1. The molecular formula is C11H10N4S. The Bertz CT molecular complexity index is 653. The van der Waals surface area contributed by atoms with E-state index in [9.17, 15) is 0 Å². The highest BCUT2D eigenvalue weighted by Crippen LogP contribution is 2.26. The van der Waals surface area contributed by atoms with Gasteiger partial charge in [-0.25, -0.2) is 4.98 Å². The molecule has 0 saturated carbocycles. The van der Waals surface area contributed by atoms with Gasteiger partial charge in [-0.05, 0) is 37.0 Å². The molecule has 0 amide bonds. The van der Waals surface area contributed by atoms with Gasteiger partial charge in [-0.2, -0.15) is 0 Å². The topological polar surface area (TPSA) is 54.5 Å². The maximum atomic E-state index is 4.59. The Hall–Kier alpha value is -1.75. The molecule has 0 atom stereocenters. The summed E-state index contributed by atoms with van der Waals surface area (Å²) >= 11 is 1.37. The van der Waals surface area contributed by atoms with Crippen molar-refractivity contribution < 1.29 is 0 Å². The molecule has 0 saturated heterocycles. The zero-order chi connectivity index (χ0) is 11.1. The van der Waals surface area contributed by atoms with E-state index in [4.69, 9.17) is 0 Å². The molecule has 0 radical (unpaired) electrons. The molecule has 2 heterocycles. The zero-order valence-corrected chi connectivity index (χ0v) is 9.80. The molecule has 0 unspecified atom stereocenters. The van der Waals surface area contributed by atoms with Crippen LogP contribution in [0.4, 0.5) is 0 Å². The first-order chi connectivity index (χ1) is 7.75. The lowest BCUT2D eigenvalue weighted by Crippen LogP contribution is -1.79. The van der Waals surface area contributed by atoms with Crippen molar-refractivity contribution in [2.24, 2.45) is 0 Å². The second kappa shape index (κ2) is 3.38. The van der Waals surface area contributed by atoms with Crippen LogP contribution in [0.25, 0.3) is 21.7 Å². The average Bonchev–Trinajstić information content (AvgIpc) is 2.84. The summed E-state index contributed by atoms with van der Waals surface area (Å²) in [4.78, 5) is 8.90. The second-order valence-electron chi connectivity index (χ2n) is 3.74. The summed E-state index contributed by atoms with van der Waals surface area (Å²) in [6, 6.07) is 6.12. The monoisotopic (exact) mass is 230 g/mol. The Morgan fingerprint density at radius 2 is 2.12 bits per heavy atom. The molecule has 0 aliphatic carbocycles. The van der Waals surface area contributed by atoms with Gasteiger partial charge < -0.3 is 4.98 Å². The number of hydrogen-bond donors (Lipinski definition) is 1. The number of H-pyrrole nitrogens is 1. The van der Waals surface area contributed by atoms with Gasteiger partial charge in [0.1, 0.15) is 4.88 Å². The Morgan fingerprint density at radius 1 is 1.25 bits per heavy atom. The molecule has 80 valence electrons. The maximum absolute atomic E-state index is 4.59. The lowest BCUT2D eigenvalue weighted by Gasteiger charge is -1.90. The largest absolute Gasteiger partial charge is 0.337 e. The molecule has 1 aromatic carbocycles. The third-order valence-electron chi connectivity index (χ3n) is 2.58. The number of rotatable bonds is 1. The first kappa shape index (κ1) is 9.47. The molecule has 4 nitrogen and oxygen atoms in total. The number of hydrogen-bond acceptors (Lipinski definition) is 4. The lowest BCUT2D eigenvalue weighted by molar-refractivity contribution is 1.09. The van der Waals surface area contributed by atoms with Crippen molar-refractivity contribution in [3.05, 3.63) is 29.5 Å². The van der Waals surface area contributed by atoms with Gasteiger partial charge in [0.05, 0.1) is 16.7 Å². The molecule has 1 N–H and O–H groups in total. The van der Waals surface area contributed by atoms with Crippen molar-refractivity contribution in [2.75, 3.05) is 0 Å². The van der Waals surface area contributed by atoms with Crippen LogP contribution in [0.1, 0.15) is 11.3 Å². The number of imidazole rings is 1. The second-order valence-corrected chi connectivity index (χ2v) is 4.50. The van der Waals surface area contributed by atoms with Crippen molar-refractivity contribution in [3.8, 4) is 10.7 Å². The number of nitrogens with zero attached hydrogens (tertiary/aromatic N) is 3. The van der Waals surface area contributed by atoms with E-state index in [2.05, 4.69) is 32.5 Å². The Labute approximate surface area is 96.5 Å². The molecule has 16 heavy (non-hydrogen) atoms. The van der Waals surface area contributed by atoms with E-state index in [1.165, 1.54) is 17.1 Å². The van der Waals surface area contributed by atoms with Gasteiger partial charge in [0, 0.05) is 0 Å². The summed E-state index contributed by atoms with van der Waals surface area (Å²) in [6.07, 6.45) is 0. The number of benzene rings is 1. The minimum atomic E-state index is 0.858. The molecule has 0 spiro atoms. The minimum absolute atomic E-state index is 0.858. The molecule has 5 heteroatoms. The van der Waals surface area contributed by atoms with Gasteiger partial charge in [-0.1, -0.05) is 16.6 Å². The van der Waals surface area contributed by atoms with Gasteiger partial charge in [-0.3, -0.25) is 0 Å². The van der Waals surface area contributed by atoms with Crippen LogP contribution in [0.2, 0.25) is 0 Å². The fourth-order valence-electron chi connectivity index (χ4n) is 1.73. The van der Waals surface area contributed by atoms with Crippen LogP contribution < -0.4 is 0 Å². The number of para-hydroxylation sites is 1. The fraction of sp³-hybridized carbons (Fsp3) is 0.182. The van der Waals surface area contributed by atoms with Gasteiger partial charge in [0.15, 0.2) is 5.82 Å². The number of aryl methyl sites for hydroxylation is 2. The van der Waals surface area contributed by atoms with Crippen molar-refractivity contribution >= 4 is 22.6 Å². The van der Waals surface area contributed by atoms with Crippen LogP contribution in [-0.2, 0) is 0 Å². The summed E-state index contributed by atoms with van der Waals surface area (Å²) in [6.45, 7) is 4.00. The number of fused-ring (bicyclic) bond motifs is 1. The summed E-state index contributed by atoms with van der Waals surface area (Å²) in [5.41, 5.74) is 4.17. The first-order valence-corrected chi connectivity index (χ1v) is 5.77. The average molecular weight is 230 g/mol. The zero-order valence-electron chi connectivity index (χ0n) is 8.98. The minimum Gasteiger partial charge on any atom is -0.337 e. The molecule has 2 aromatic heterocycles.